The molecule has 1 aromatic carbocycles. The molecule has 0 aliphatic carbocycles. The van der Waals surface area contributed by atoms with Gasteiger partial charge in [-0.2, -0.15) is 0 Å². The first-order valence-corrected chi connectivity index (χ1v) is 5.65. The molecule has 4 heteroatoms. The van der Waals surface area contributed by atoms with E-state index >= 15 is 0 Å². The summed E-state index contributed by atoms with van der Waals surface area (Å²) in [5.74, 6) is -0.323. The fourth-order valence-electron chi connectivity index (χ4n) is 1.61. The fourth-order valence-corrected chi connectivity index (χ4v) is 2.27. The summed E-state index contributed by atoms with van der Waals surface area (Å²) < 4.78 is 14.2. The molecule has 2 aromatic heterocycles. The third kappa shape index (κ3) is 1.57. The first-order valence-electron chi connectivity index (χ1n) is 4.77. The third-order valence-electron chi connectivity index (χ3n) is 2.37. The largest absolute Gasteiger partial charge is 0.261 e. The summed E-state index contributed by atoms with van der Waals surface area (Å²) in [6, 6.07) is 7.37. The van der Waals surface area contributed by atoms with Gasteiger partial charge in [-0.1, -0.05) is 6.07 Å². The van der Waals surface area contributed by atoms with Gasteiger partial charge in [-0.15, -0.1) is 11.3 Å². The van der Waals surface area contributed by atoms with E-state index in [4.69, 9.17) is 0 Å². The van der Waals surface area contributed by atoms with Crippen LogP contribution >= 0.6 is 11.3 Å². The number of hydrogen-bond acceptors (Lipinski definition) is 3. The zero-order valence-electron chi connectivity index (χ0n) is 8.22. The van der Waals surface area contributed by atoms with E-state index in [2.05, 4.69) is 9.97 Å². The zero-order chi connectivity index (χ0) is 11.0. The van der Waals surface area contributed by atoms with E-state index in [0.717, 1.165) is 21.3 Å². The summed E-state index contributed by atoms with van der Waals surface area (Å²) in [4.78, 5) is 8.07. The van der Waals surface area contributed by atoms with Crippen molar-refractivity contribution in [2.75, 3.05) is 0 Å². The number of fused-ring (bicyclic) bond motifs is 1. The van der Waals surface area contributed by atoms with Gasteiger partial charge in [0, 0.05) is 11.8 Å². The van der Waals surface area contributed by atoms with Gasteiger partial charge in [0.1, 0.15) is 5.82 Å². The highest BCUT2D eigenvalue weighted by molar-refractivity contribution is 7.16. The van der Waals surface area contributed by atoms with Crippen molar-refractivity contribution in [2.24, 2.45) is 0 Å². The quantitative estimate of drug-likeness (QED) is 0.639. The lowest BCUT2D eigenvalue weighted by Gasteiger charge is -2.00. The molecule has 0 unspecified atom stereocenters. The molecule has 3 rings (SSSR count). The number of thiazole rings is 1. The lowest BCUT2D eigenvalue weighted by atomic mass is 10.1. The topological polar surface area (TPSA) is 25.8 Å². The number of hydrogen-bond donors (Lipinski definition) is 0. The van der Waals surface area contributed by atoms with Crippen LogP contribution in [0.2, 0.25) is 0 Å². The third-order valence-corrected chi connectivity index (χ3v) is 3.18. The second-order valence-electron chi connectivity index (χ2n) is 3.43. The van der Waals surface area contributed by atoms with Gasteiger partial charge in [0.25, 0.3) is 0 Å². The molecule has 0 atom stereocenters. The van der Waals surface area contributed by atoms with E-state index in [-0.39, 0.29) is 5.82 Å². The molecule has 0 aliphatic rings. The number of aromatic nitrogens is 2. The second kappa shape index (κ2) is 3.64. The standard InChI is InChI=1S/C12H7FN2S/c13-10-3-9(5-14-6-10)8-1-2-12-11(4-8)15-7-16-12/h1-7H. The van der Waals surface area contributed by atoms with Crippen molar-refractivity contribution in [3.8, 4) is 11.1 Å². The number of nitrogens with zero attached hydrogens (tertiary/aromatic N) is 2. The van der Waals surface area contributed by atoms with Crippen LogP contribution in [0.25, 0.3) is 21.3 Å². The van der Waals surface area contributed by atoms with Crippen molar-refractivity contribution in [1.82, 2.24) is 9.97 Å². The van der Waals surface area contributed by atoms with Crippen LogP contribution in [0.4, 0.5) is 4.39 Å². The average molecular weight is 230 g/mol. The molecular formula is C12H7FN2S. The highest BCUT2D eigenvalue weighted by atomic mass is 32.1. The maximum absolute atomic E-state index is 13.0. The van der Waals surface area contributed by atoms with Gasteiger partial charge in [-0.05, 0) is 23.8 Å². The Morgan fingerprint density at radius 1 is 1.06 bits per heavy atom. The van der Waals surface area contributed by atoms with Gasteiger partial charge < -0.3 is 0 Å². The Hall–Kier alpha value is -1.81. The minimum Gasteiger partial charge on any atom is -0.261 e. The molecule has 0 N–H and O–H groups in total. The second-order valence-corrected chi connectivity index (χ2v) is 4.31. The van der Waals surface area contributed by atoms with Crippen LogP contribution in [0.3, 0.4) is 0 Å². The van der Waals surface area contributed by atoms with E-state index in [0.29, 0.717) is 0 Å². The predicted molar refractivity (Wildman–Crippen MR) is 62.8 cm³/mol. The summed E-state index contributed by atoms with van der Waals surface area (Å²) in [7, 11) is 0. The molecule has 2 heterocycles. The van der Waals surface area contributed by atoms with Gasteiger partial charge in [-0.3, -0.25) is 4.98 Å². The van der Waals surface area contributed by atoms with Crippen LogP contribution in [0.5, 0.6) is 0 Å². The van der Waals surface area contributed by atoms with Crippen LogP contribution in [-0.4, -0.2) is 9.97 Å². The molecule has 0 amide bonds. The van der Waals surface area contributed by atoms with Crippen molar-refractivity contribution in [3.05, 3.63) is 48.0 Å². The summed E-state index contributed by atoms with van der Waals surface area (Å²) in [6.45, 7) is 0. The fraction of sp³-hybridized carbons (Fsp3) is 0. The zero-order valence-corrected chi connectivity index (χ0v) is 9.04. The van der Waals surface area contributed by atoms with Crippen molar-refractivity contribution < 1.29 is 4.39 Å². The van der Waals surface area contributed by atoms with Gasteiger partial charge in [0.2, 0.25) is 0 Å². The molecule has 0 saturated heterocycles. The van der Waals surface area contributed by atoms with E-state index in [1.807, 2.05) is 18.2 Å². The molecule has 0 radical (unpaired) electrons. The minimum atomic E-state index is -0.323. The van der Waals surface area contributed by atoms with E-state index < -0.39 is 0 Å². The maximum atomic E-state index is 13.0. The Bertz CT molecular complexity index is 648. The molecule has 3 aromatic rings. The van der Waals surface area contributed by atoms with E-state index in [1.54, 1.807) is 23.0 Å². The lowest BCUT2D eigenvalue weighted by Crippen LogP contribution is -1.82. The Balaban J connectivity index is 2.18. The summed E-state index contributed by atoms with van der Waals surface area (Å²) in [5, 5.41) is 0. The van der Waals surface area contributed by atoms with Crippen LogP contribution in [0, 0.1) is 5.82 Å². The van der Waals surface area contributed by atoms with Crippen molar-refractivity contribution in [3.63, 3.8) is 0 Å². The average Bonchev–Trinajstić information content (AvgIpc) is 2.75. The van der Waals surface area contributed by atoms with Gasteiger partial charge >= 0.3 is 0 Å². The Labute approximate surface area is 95.4 Å². The first kappa shape index (κ1) is 9.42. The molecule has 0 aliphatic heterocycles. The highest BCUT2D eigenvalue weighted by Gasteiger charge is 2.02. The number of pyridine rings is 1. The molecule has 0 spiro atoms. The Morgan fingerprint density at radius 3 is 2.88 bits per heavy atom. The van der Waals surface area contributed by atoms with E-state index in [9.17, 15) is 4.39 Å². The summed E-state index contributed by atoms with van der Waals surface area (Å²) in [6.07, 6.45) is 2.85. The molecule has 0 bridgehead atoms. The number of benzene rings is 1. The van der Waals surface area contributed by atoms with Crippen molar-refractivity contribution in [2.45, 2.75) is 0 Å². The minimum absolute atomic E-state index is 0.323. The van der Waals surface area contributed by atoms with Crippen LogP contribution in [-0.2, 0) is 0 Å². The highest BCUT2D eigenvalue weighted by Crippen LogP contribution is 2.25. The summed E-state index contributed by atoms with van der Waals surface area (Å²) in [5.41, 5.74) is 4.45. The number of rotatable bonds is 1. The number of halogens is 1. The van der Waals surface area contributed by atoms with Gasteiger partial charge in [0.15, 0.2) is 0 Å². The summed E-state index contributed by atoms with van der Waals surface area (Å²) >= 11 is 1.59. The first-order chi connectivity index (χ1) is 7.83. The van der Waals surface area contributed by atoms with Gasteiger partial charge in [-0.25, -0.2) is 9.37 Å². The SMILES string of the molecule is Fc1cncc(-c2ccc3scnc3c2)c1. The Morgan fingerprint density at radius 2 is 2.00 bits per heavy atom. The maximum Gasteiger partial charge on any atom is 0.142 e. The molecule has 78 valence electrons. The predicted octanol–water partition coefficient (Wildman–Crippen LogP) is 3.50. The van der Waals surface area contributed by atoms with Crippen LogP contribution in [0.15, 0.2) is 42.2 Å². The molecular weight excluding hydrogens is 223 g/mol. The van der Waals surface area contributed by atoms with Crippen molar-refractivity contribution in [1.29, 1.82) is 0 Å². The normalized spacial score (nSPS) is 10.8. The van der Waals surface area contributed by atoms with Gasteiger partial charge in [0.05, 0.1) is 21.9 Å². The molecule has 16 heavy (non-hydrogen) atoms. The lowest BCUT2D eigenvalue weighted by molar-refractivity contribution is 0.622. The van der Waals surface area contributed by atoms with E-state index in [1.165, 1.54) is 12.3 Å². The molecule has 2 nitrogen and oxygen atoms in total. The molecule has 0 fully saturated rings. The smallest absolute Gasteiger partial charge is 0.142 e. The Kier molecular flexibility index (Phi) is 2.15. The van der Waals surface area contributed by atoms with Crippen LogP contribution in [0.1, 0.15) is 0 Å². The molecule has 0 saturated carbocycles. The van der Waals surface area contributed by atoms with Crippen molar-refractivity contribution >= 4 is 21.6 Å². The monoisotopic (exact) mass is 230 g/mol. The van der Waals surface area contributed by atoms with Crippen LogP contribution < -0.4 is 0 Å².